The summed E-state index contributed by atoms with van der Waals surface area (Å²) in [4.78, 5) is 37.9. The topological polar surface area (TPSA) is 78.9 Å². The normalized spacial score (nSPS) is 13.6. The Balaban J connectivity index is 4.35. The Bertz CT molecular complexity index is 904. The third kappa shape index (κ3) is 41.2. The zero-order chi connectivity index (χ0) is 42.7. The lowest BCUT2D eigenvalue weighted by molar-refractivity contribution is -0.167. The SMILES string of the molecule is CCC(C)CCCCCCCCCCCCC(=O)OC[C@@H](COC(=O)CCCCCCCCCCC(C)CC)OC(=O)CCCCCCCCCCCCC(C)CC. The molecule has 0 radical (unpaired) electrons. The average molecular weight is 821 g/mol. The van der Waals surface area contributed by atoms with E-state index in [1.807, 2.05) is 0 Å². The first-order chi connectivity index (χ1) is 28.2. The van der Waals surface area contributed by atoms with E-state index >= 15 is 0 Å². The van der Waals surface area contributed by atoms with Gasteiger partial charge in [0.15, 0.2) is 6.10 Å². The highest BCUT2D eigenvalue weighted by atomic mass is 16.6. The van der Waals surface area contributed by atoms with Crippen molar-refractivity contribution in [1.29, 1.82) is 0 Å². The number of carbonyl (C=O) groups excluding carboxylic acids is 3. The molecule has 0 aromatic rings. The second-order valence-corrected chi connectivity index (χ2v) is 18.5. The first kappa shape index (κ1) is 56.4. The Kier molecular flexibility index (Phi) is 42.3. The molecular weight excluding hydrogens is 721 g/mol. The number of ether oxygens (including phenoxy) is 3. The fourth-order valence-corrected chi connectivity index (χ4v) is 7.66. The van der Waals surface area contributed by atoms with Crippen LogP contribution in [0.25, 0.3) is 0 Å². The van der Waals surface area contributed by atoms with Gasteiger partial charge in [-0.3, -0.25) is 14.4 Å². The molecule has 0 heterocycles. The maximum Gasteiger partial charge on any atom is 0.306 e. The lowest BCUT2D eigenvalue weighted by Gasteiger charge is -2.18. The van der Waals surface area contributed by atoms with Crippen LogP contribution < -0.4 is 0 Å². The van der Waals surface area contributed by atoms with Gasteiger partial charge in [-0.25, -0.2) is 0 Å². The van der Waals surface area contributed by atoms with Crippen molar-refractivity contribution in [2.75, 3.05) is 13.2 Å². The molecule has 0 amide bonds. The Morgan fingerprint density at radius 2 is 0.552 bits per heavy atom. The minimum atomic E-state index is -0.763. The van der Waals surface area contributed by atoms with E-state index in [9.17, 15) is 14.4 Å². The summed E-state index contributed by atoms with van der Waals surface area (Å²) < 4.78 is 16.8. The molecule has 58 heavy (non-hydrogen) atoms. The van der Waals surface area contributed by atoms with Gasteiger partial charge in [0.25, 0.3) is 0 Å². The van der Waals surface area contributed by atoms with Crippen LogP contribution in [0.15, 0.2) is 0 Å². The van der Waals surface area contributed by atoms with Crippen LogP contribution in [0.3, 0.4) is 0 Å². The van der Waals surface area contributed by atoms with E-state index in [1.165, 1.54) is 161 Å². The third-order valence-corrected chi connectivity index (χ3v) is 12.7. The molecule has 0 aromatic heterocycles. The van der Waals surface area contributed by atoms with Gasteiger partial charge in [-0.15, -0.1) is 0 Å². The highest BCUT2D eigenvalue weighted by Gasteiger charge is 2.19. The maximum atomic E-state index is 12.8. The molecule has 6 heteroatoms. The van der Waals surface area contributed by atoms with Gasteiger partial charge < -0.3 is 14.2 Å². The first-order valence-electron chi connectivity index (χ1n) is 25.7. The summed E-state index contributed by atoms with van der Waals surface area (Å²) in [5, 5.41) is 0. The zero-order valence-corrected chi connectivity index (χ0v) is 39.8. The molecule has 0 bridgehead atoms. The second-order valence-electron chi connectivity index (χ2n) is 18.5. The molecule has 0 fully saturated rings. The fourth-order valence-electron chi connectivity index (χ4n) is 7.66. The van der Waals surface area contributed by atoms with Crippen LogP contribution in [0.2, 0.25) is 0 Å². The van der Waals surface area contributed by atoms with Crippen molar-refractivity contribution >= 4 is 17.9 Å². The Labute approximate surface area is 361 Å². The molecule has 0 aliphatic rings. The molecule has 0 saturated carbocycles. The molecule has 0 aromatic carbocycles. The van der Waals surface area contributed by atoms with Crippen LogP contribution in [0.1, 0.15) is 279 Å². The molecule has 0 saturated heterocycles. The average Bonchev–Trinajstić information content (AvgIpc) is 3.22. The van der Waals surface area contributed by atoms with Crippen LogP contribution in [0.4, 0.5) is 0 Å². The summed E-state index contributed by atoms with van der Waals surface area (Å²) in [7, 11) is 0. The van der Waals surface area contributed by atoms with E-state index in [-0.39, 0.29) is 31.1 Å². The van der Waals surface area contributed by atoms with Gasteiger partial charge in [0.2, 0.25) is 0 Å². The van der Waals surface area contributed by atoms with Gasteiger partial charge in [-0.1, -0.05) is 241 Å². The van der Waals surface area contributed by atoms with Gasteiger partial charge >= 0.3 is 17.9 Å². The van der Waals surface area contributed by atoms with Gasteiger partial charge in [0.1, 0.15) is 13.2 Å². The van der Waals surface area contributed by atoms with Crippen molar-refractivity contribution < 1.29 is 28.6 Å². The third-order valence-electron chi connectivity index (χ3n) is 12.7. The molecule has 0 rings (SSSR count). The van der Waals surface area contributed by atoms with E-state index in [4.69, 9.17) is 14.2 Å². The number of hydrogen-bond acceptors (Lipinski definition) is 6. The van der Waals surface area contributed by atoms with Gasteiger partial charge in [-0.2, -0.15) is 0 Å². The minimum Gasteiger partial charge on any atom is -0.462 e. The summed E-state index contributed by atoms with van der Waals surface area (Å²) in [6.45, 7) is 13.8. The van der Waals surface area contributed by atoms with Crippen molar-refractivity contribution in [3.63, 3.8) is 0 Å². The van der Waals surface area contributed by atoms with E-state index < -0.39 is 6.10 Å². The van der Waals surface area contributed by atoms with Crippen molar-refractivity contribution in [2.45, 2.75) is 285 Å². The van der Waals surface area contributed by atoms with Crippen LogP contribution in [-0.2, 0) is 28.6 Å². The summed E-state index contributed by atoms with van der Waals surface area (Å²) in [5.41, 5.74) is 0. The number of esters is 3. The largest absolute Gasteiger partial charge is 0.462 e. The predicted molar refractivity (Wildman–Crippen MR) is 247 cm³/mol. The van der Waals surface area contributed by atoms with Crippen LogP contribution in [-0.4, -0.2) is 37.2 Å². The van der Waals surface area contributed by atoms with Crippen molar-refractivity contribution in [3.8, 4) is 0 Å². The maximum absolute atomic E-state index is 12.8. The van der Waals surface area contributed by atoms with E-state index in [0.29, 0.717) is 19.3 Å². The molecule has 3 unspecified atom stereocenters. The summed E-state index contributed by atoms with van der Waals surface area (Å²) in [6, 6.07) is 0. The van der Waals surface area contributed by atoms with Crippen LogP contribution >= 0.6 is 0 Å². The molecule has 344 valence electrons. The quantitative estimate of drug-likeness (QED) is 0.0346. The number of hydrogen-bond donors (Lipinski definition) is 0. The first-order valence-corrected chi connectivity index (χ1v) is 25.7. The van der Waals surface area contributed by atoms with Crippen LogP contribution in [0.5, 0.6) is 0 Å². The molecule has 0 spiro atoms. The Hall–Kier alpha value is -1.59. The van der Waals surface area contributed by atoms with E-state index in [2.05, 4.69) is 41.5 Å². The zero-order valence-electron chi connectivity index (χ0n) is 39.8. The molecule has 0 aliphatic carbocycles. The van der Waals surface area contributed by atoms with Crippen molar-refractivity contribution in [2.24, 2.45) is 17.8 Å². The van der Waals surface area contributed by atoms with Gasteiger partial charge in [-0.05, 0) is 37.0 Å². The molecule has 0 aliphatic heterocycles. The van der Waals surface area contributed by atoms with Crippen molar-refractivity contribution in [1.82, 2.24) is 0 Å². The highest BCUT2D eigenvalue weighted by molar-refractivity contribution is 5.71. The standard InChI is InChI=1S/C52H100O6/c1-7-46(4)38-32-26-20-14-10-12-16-23-29-35-41-50(53)56-44-49(45-57-51(54)42-36-30-24-19-18-22-28-34-40-48(6)9-3)58-52(55)43-37-31-25-17-13-11-15-21-27-33-39-47(5)8-2/h46-49H,7-45H2,1-6H3/t46?,47?,48?,49-/m0/s1. The van der Waals surface area contributed by atoms with Gasteiger partial charge in [0, 0.05) is 19.3 Å². The lowest BCUT2D eigenvalue weighted by atomic mass is 9.99. The molecule has 0 N–H and O–H groups in total. The lowest BCUT2D eigenvalue weighted by Crippen LogP contribution is -2.30. The smallest absolute Gasteiger partial charge is 0.306 e. The van der Waals surface area contributed by atoms with Gasteiger partial charge in [0.05, 0.1) is 0 Å². The van der Waals surface area contributed by atoms with Crippen LogP contribution in [0, 0.1) is 17.8 Å². The molecule has 6 nitrogen and oxygen atoms in total. The summed E-state index contributed by atoms with van der Waals surface area (Å²) >= 11 is 0. The number of unbranched alkanes of at least 4 members (excludes halogenated alkanes) is 25. The summed E-state index contributed by atoms with van der Waals surface area (Å²) in [6.07, 6.45) is 42.1. The highest BCUT2D eigenvalue weighted by Crippen LogP contribution is 2.19. The summed E-state index contributed by atoms with van der Waals surface area (Å²) in [5.74, 6) is 1.73. The predicted octanol–water partition coefficient (Wildman–Crippen LogP) is 16.4. The van der Waals surface area contributed by atoms with E-state index in [0.717, 1.165) is 75.5 Å². The fraction of sp³-hybridized carbons (Fsp3) is 0.942. The number of carbonyl (C=O) groups is 3. The second kappa shape index (κ2) is 43.5. The molecular formula is C52H100O6. The molecule has 4 atom stereocenters. The van der Waals surface area contributed by atoms with Crippen molar-refractivity contribution in [3.05, 3.63) is 0 Å². The van der Waals surface area contributed by atoms with E-state index in [1.54, 1.807) is 0 Å². The minimum absolute atomic E-state index is 0.0653. The monoisotopic (exact) mass is 821 g/mol. The Morgan fingerprint density at radius 3 is 0.810 bits per heavy atom. The Morgan fingerprint density at radius 1 is 0.328 bits per heavy atom. The number of rotatable bonds is 45.